The minimum absolute atomic E-state index is 0.142. The fourth-order valence-corrected chi connectivity index (χ4v) is 2.72. The molecule has 0 bridgehead atoms. The molecule has 1 aliphatic rings. The lowest BCUT2D eigenvalue weighted by Crippen LogP contribution is -2.40. The van der Waals surface area contributed by atoms with Gasteiger partial charge >= 0.3 is 0 Å². The number of rotatable bonds is 4. The molecular formula is C20H19N3O4. The van der Waals surface area contributed by atoms with E-state index in [4.69, 9.17) is 14.0 Å². The molecule has 0 saturated heterocycles. The maximum atomic E-state index is 12.7. The number of para-hydroxylation sites is 3. The Balaban J connectivity index is 1.54. The van der Waals surface area contributed by atoms with Crippen LogP contribution in [0.2, 0.25) is 0 Å². The van der Waals surface area contributed by atoms with E-state index >= 15 is 0 Å². The van der Waals surface area contributed by atoms with Crippen molar-refractivity contribution in [2.45, 2.75) is 25.9 Å². The first-order valence-electron chi connectivity index (χ1n) is 8.74. The third kappa shape index (κ3) is 3.48. The molecule has 138 valence electrons. The molecule has 3 aromatic rings. The van der Waals surface area contributed by atoms with Gasteiger partial charge in [0, 0.05) is 5.92 Å². The molecule has 1 aliphatic heterocycles. The summed E-state index contributed by atoms with van der Waals surface area (Å²) in [4.78, 5) is 17.1. The van der Waals surface area contributed by atoms with Gasteiger partial charge in [0.15, 0.2) is 17.3 Å². The van der Waals surface area contributed by atoms with Gasteiger partial charge in [-0.15, -0.1) is 0 Å². The number of hydrogen-bond acceptors (Lipinski definition) is 6. The molecule has 1 N–H and O–H groups in total. The Bertz CT molecular complexity index is 967. The van der Waals surface area contributed by atoms with Crippen LogP contribution in [0.5, 0.6) is 11.5 Å². The van der Waals surface area contributed by atoms with Crippen molar-refractivity contribution in [3.63, 3.8) is 0 Å². The van der Waals surface area contributed by atoms with E-state index in [9.17, 15) is 4.79 Å². The molecule has 1 atom stereocenters. The van der Waals surface area contributed by atoms with Crippen molar-refractivity contribution in [1.29, 1.82) is 0 Å². The van der Waals surface area contributed by atoms with Gasteiger partial charge in [-0.2, -0.15) is 4.98 Å². The van der Waals surface area contributed by atoms with Crippen LogP contribution in [-0.2, 0) is 4.79 Å². The maximum Gasteiger partial charge on any atom is 0.269 e. The fourth-order valence-electron chi connectivity index (χ4n) is 2.72. The Labute approximate surface area is 156 Å². The van der Waals surface area contributed by atoms with Crippen LogP contribution >= 0.6 is 0 Å². The fraction of sp³-hybridized carbons (Fsp3) is 0.250. The van der Waals surface area contributed by atoms with Gasteiger partial charge in [-0.3, -0.25) is 4.79 Å². The Morgan fingerprint density at radius 3 is 2.63 bits per heavy atom. The Morgan fingerprint density at radius 1 is 1.11 bits per heavy atom. The van der Waals surface area contributed by atoms with Crippen LogP contribution < -0.4 is 14.8 Å². The minimum atomic E-state index is -0.748. The predicted molar refractivity (Wildman–Crippen MR) is 98.8 cm³/mol. The van der Waals surface area contributed by atoms with Gasteiger partial charge in [0.25, 0.3) is 11.8 Å². The number of ether oxygens (including phenoxy) is 2. The van der Waals surface area contributed by atoms with E-state index in [1.807, 2.05) is 44.2 Å². The van der Waals surface area contributed by atoms with Crippen molar-refractivity contribution in [3.8, 4) is 23.0 Å². The number of aromatic nitrogens is 2. The Hall–Kier alpha value is -3.35. The highest BCUT2D eigenvalue weighted by molar-refractivity contribution is 5.97. The van der Waals surface area contributed by atoms with Gasteiger partial charge in [-0.1, -0.05) is 43.3 Å². The molecular weight excluding hydrogens is 346 g/mol. The van der Waals surface area contributed by atoms with Gasteiger partial charge < -0.3 is 19.3 Å². The summed E-state index contributed by atoms with van der Waals surface area (Å²) in [6, 6.07) is 14.5. The number of hydrogen-bond donors (Lipinski definition) is 1. The number of carbonyl (C=O) groups is 1. The van der Waals surface area contributed by atoms with Crippen LogP contribution in [0.15, 0.2) is 53.1 Å². The zero-order chi connectivity index (χ0) is 18.8. The molecule has 7 nitrogen and oxygen atoms in total. The van der Waals surface area contributed by atoms with Crippen LogP contribution in [0.25, 0.3) is 11.5 Å². The molecule has 1 aromatic heterocycles. The molecule has 1 unspecified atom stereocenters. The second-order valence-electron chi connectivity index (χ2n) is 6.51. The summed E-state index contributed by atoms with van der Waals surface area (Å²) in [6.45, 7) is 4.12. The van der Waals surface area contributed by atoms with E-state index < -0.39 is 6.10 Å². The third-order valence-electron chi connectivity index (χ3n) is 4.17. The number of nitrogens with zero attached hydrogens (tertiary/aromatic N) is 2. The lowest BCUT2D eigenvalue weighted by Gasteiger charge is -2.25. The Kier molecular flexibility index (Phi) is 4.50. The zero-order valence-electron chi connectivity index (χ0n) is 15.0. The predicted octanol–water partition coefficient (Wildman–Crippen LogP) is 3.64. The van der Waals surface area contributed by atoms with Crippen LogP contribution in [-0.4, -0.2) is 28.8 Å². The molecule has 0 spiro atoms. The lowest BCUT2D eigenvalue weighted by atomic mass is 10.1. The first-order valence-corrected chi connectivity index (χ1v) is 8.74. The zero-order valence-corrected chi connectivity index (χ0v) is 15.0. The quantitative estimate of drug-likeness (QED) is 0.760. The average Bonchev–Trinajstić information content (AvgIpc) is 3.18. The summed E-state index contributed by atoms with van der Waals surface area (Å²) in [5.41, 5.74) is 1.23. The van der Waals surface area contributed by atoms with Gasteiger partial charge in [0.1, 0.15) is 6.61 Å². The number of nitrogens with one attached hydrogen (secondary N) is 1. The lowest BCUT2D eigenvalue weighted by molar-refractivity contribution is -0.125. The number of amides is 1. The summed E-state index contributed by atoms with van der Waals surface area (Å²) in [6.07, 6.45) is -0.748. The van der Waals surface area contributed by atoms with Crippen molar-refractivity contribution in [3.05, 3.63) is 54.4 Å². The standard InChI is InChI=1S/C20H19N3O4/c1-12(2)18-22-20(27-23-18)13-7-3-4-8-14(13)21-19(24)17-11-25-15-9-5-6-10-16(15)26-17/h3-10,12,17H,11H2,1-2H3,(H,21,24). The second kappa shape index (κ2) is 7.11. The van der Waals surface area contributed by atoms with Crippen LogP contribution in [0.3, 0.4) is 0 Å². The van der Waals surface area contributed by atoms with E-state index in [1.54, 1.807) is 18.2 Å². The minimum Gasteiger partial charge on any atom is -0.485 e. The molecule has 27 heavy (non-hydrogen) atoms. The summed E-state index contributed by atoms with van der Waals surface area (Å²) < 4.78 is 16.7. The van der Waals surface area contributed by atoms with Crippen LogP contribution in [0.1, 0.15) is 25.6 Å². The third-order valence-corrected chi connectivity index (χ3v) is 4.17. The number of fused-ring (bicyclic) bond motifs is 1. The van der Waals surface area contributed by atoms with Crippen molar-refractivity contribution in [2.24, 2.45) is 0 Å². The summed E-state index contributed by atoms with van der Waals surface area (Å²) in [5, 5.41) is 6.86. The first kappa shape index (κ1) is 17.1. The normalized spacial score (nSPS) is 15.6. The molecule has 0 aliphatic carbocycles. The second-order valence-corrected chi connectivity index (χ2v) is 6.51. The average molecular weight is 365 g/mol. The molecule has 1 amide bonds. The van der Waals surface area contributed by atoms with Crippen LogP contribution in [0, 0.1) is 0 Å². The summed E-state index contributed by atoms with van der Waals surface area (Å²) in [7, 11) is 0. The van der Waals surface area contributed by atoms with E-state index in [2.05, 4.69) is 15.5 Å². The molecule has 2 aromatic carbocycles. The van der Waals surface area contributed by atoms with Gasteiger partial charge in [-0.25, -0.2) is 0 Å². The van der Waals surface area contributed by atoms with Crippen molar-refractivity contribution >= 4 is 11.6 Å². The Morgan fingerprint density at radius 2 is 1.85 bits per heavy atom. The number of anilines is 1. The van der Waals surface area contributed by atoms with Crippen molar-refractivity contribution in [2.75, 3.05) is 11.9 Å². The van der Waals surface area contributed by atoms with E-state index in [0.717, 1.165) is 0 Å². The van der Waals surface area contributed by atoms with Crippen LogP contribution in [0.4, 0.5) is 5.69 Å². The molecule has 0 fully saturated rings. The molecule has 2 heterocycles. The van der Waals surface area contributed by atoms with Gasteiger partial charge in [-0.05, 0) is 24.3 Å². The van der Waals surface area contributed by atoms with Crippen molar-refractivity contribution < 1.29 is 18.8 Å². The number of carbonyl (C=O) groups excluding carboxylic acids is 1. The monoisotopic (exact) mass is 365 g/mol. The highest BCUT2D eigenvalue weighted by atomic mass is 16.6. The SMILES string of the molecule is CC(C)c1noc(-c2ccccc2NC(=O)C2COc3ccccc3O2)n1. The van der Waals surface area contributed by atoms with E-state index in [1.165, 1.54) is 0 Å². The van der Waals surface area contributed by atoms with Crippen molar-refractivity contribution in [1.82, 2.24) is 10.1 Å². The largest absolute Gasteiger partial charge is 0.485 e. The molecule has 4 rings (SSSR count). The smallest absolute Gasteiger partial charge is 0.269 e. The summed E-state index contributed by atoms with van der Waals surface area (Å²) >= 11 is 0. The first-order chi connectivity index (χ1) is 13.1. The molecule has 0 radical (unpaired) electrons. The van der Waals surface area contributed by atoms with Gasteiger partial charge in [0.05, 0.1) is 11.3 Å². The van der Waals surface area contributed by atoms with E-state index in [-0.39, 0.29) is 18.4 Å². The maximum absolute atomic E-state index is 12.7. The number of benzene rings is 2. The highest BCUT2D eigenvalue weighted by Crippen LogP contribution is 2.32. The topological polar surface area (TPSA) is 86.5 Å². The summed E-state index contributed by atoms with van der Waals surface area (Å²) in [5.74, 6) is 2.01. The van der Waals surface area contributed by atoms with E-state index in [0.29, 0.717) is 34.5 Å². The molecule has 0 saturated carbocycles. The molecule has 7 heteroatoms. The highest BCUT2D eigenvalue weighted by Gasteiger charge is 2.28. The van der Waals surface area contributed by atoms with Gasteiger partial charge in [0.2, 0.25) is 6.10 Å².